The Morgan fingerprint density at radius 2 is 2.14 bits per heavy atom. The molecule has 0 fully saturated rings. The monoisotopic (exact) mass is 189 g/mol. The zero-order valence-electron chi connectivity index (χ0n) is 9.59. The van der Waals surface area contributed by atoms with Crippen LogP contribution in [-0.2, 0) is 6.42 Å². The maximum absolute atomic E-state index is 4.28. The minimum atomic E-state index is 0.954. The van der Waals surface area contributed by atoms with Crippen molar-refractivity contribution in [2.75, 3.05) is 0 Å². The molecule has 0 atom stereocenters. The van der Waals surface area contributed by atoms with Gasteiger partial charge < -0.3 is 0 Å². The van der Waals surface area contributed by atoms with Crippen LogP contribution in [0.1, 0.15) is 39.0 Å². The SMILES string of the molecule is C=C=C(C)c1cccnc1CC.CC. The number of nitrogens with zero attached hydrogens (tertiary/aromatic N) is 1. The fourth-order valence-electron chi connectivity index (χ4n) is 1.16. The summed E-state index contributed by atoms with van der Waals surface area (Å²) in [6, 6.07) is 3.99. The maximum Gasteiger partial charge on any atom is 0.0481 e. The molecule has 0 aliphatic carbocycles. The predicted octanol–water partition coefficient (Wildman–Crippen LogP) is 3.86. The van der Waals surface area contributed by atoms with E-state index in [0.29, 0.717) is 0 Å². The first-order valence-electron chi connectivity index (χ1n) is 5.10. The van der Waals surface area contributed by atoms with Crippen LogP contribution in [0.15, 0.2) is 30.6 Å². The number of hydrogen-bond donors (Lipinski definition) is 0. The number of aryl methyl sites for hydroxylation is 1. The Kier molecular flexibility index (Phi) is 6.43. The fourth-order valence-corrected chi connectivity index (χ4v) is 1.16. The molecule has 0 amide bonds. The zero-order chi connectivity index (χ0) is 11.0. The lowest BCUT2D eigenvalue weighted by molar-refractivity contribution is 1.02. The molecule has 0 saturated carbocycles. The summed E-state index contributed by atoms with van der Waals surface area (Å²) in [6.07, 6.45) is 2.77. The van der Waals surface area contributed by atoms with E-state index in [1.807, 2.05) is 33.0 Å². The minimum absolute atomic E-state index is 0.954. The summed E-state index contributed by atoms with van der Waals surface area (Å²) in [5.74, 6) is 0. The van der Waals surface area contributed by atoms with Gasteiger partial charge in [-0.2, -0.15) is 0 Å². The number of aromatic nitrogens is 1. The van der Waals surface area contributed by atoms with E-state index in [2.05, 4.69) is 30.3 Å². The van der Waals surface area contributed by atoms with Crippen molar-refractivity contribution in [3.05, 3.63) is 41.9 Å². The summed E-state index contributed by atoms with van der Waals surface area (Å²) in [7, 11) is 0. The smallest absolute Gasteiger partial charge is 0.0481 e. The second kappa shape index (κ2) is 7.11. The predicted molar refractivity (Wildman–Crippen MR) is 63.2 cm³/mol. The van der Waals surface area contributed by atoms with E-state index in [-0.39, 0.29) is 0 Å². The molecular weight excluding hydrogens is 170 g/mol. The van der Waals surface area contributed by atoms with Gasteiger partial charge in [0.15, 0.2) is 0 Å². The van der Waals surface area contributed by atoms with Crippen molar-refractivity contribution in [1.82, 2.24) is 4.98 Å². The zero-order valence-corrected chi connectivity index (χ0v) is 9.59. The van der Waals surface area contributed by atoms with Gasteiger partial charge in [-0.25, -0.2) is 0 Å². The van der Waals surface area contributed by atoms with E-state index < -0.39 is 0 Å². The van der Waals surface area contributed by atoms with E-state index in [0.717, 1.165) is 23.3 Å². The lowest BCUT2D eigenvalue weighted by Crippen LogP contribution is -1.92. The highest BCUT2D eigenvalue weighted by atomic mass is 14.7. The molecule has 1 rings (SSSR count). The normalized spacial score (nSPS) is 8.29. The largest absolute Gasteiger partial charge is 0.261 e. The molecule has 0 unspecified atom stereocenters. The highest BCUT2D eigenvalue weighted by molar-refractivity contribution is 5.64. The first kappa shape index (κ1) is 12.7. The third-order valence-electron chi connectivity index (χ3n) is 1.89. The van der Waals surface area contributed by atoms with Crippen LogP contribution in [0.2, 0.25) is 0 Å². The number of pyridine rings is 1. The molecule has 0 spiro atoms. The summed E-state index contributed by atoms with van der Waals surface area (Å²) in [5.41, 5.74) is 6.23. The Hall–Kier alpha value is -1.33. The van der Waals surface area contributed by atoms with Gasteiger partial charge in [0.1, 0.15) is 0 Å². The molecular formula is C13H19N. The van der Waals surface area contributed by atoms with E-state index in [9.17, 15) is 0 Å². The van der Waals surface area contributed by atoms with Crippen molar-refractivity contribution in [3.8, 4) is 0 Å². The molecule has 1 heteroatoms. The molecule has 0 aromatic carbocycles. The van der Waals surface area contributed by atoms with Gasteiger partial charge in [0.2, 0.25) is 0 Å². The van der Waals surface area contributed by atoms with Crippen LogP contribution in [0.25, 0.3) is 5.57 Å². The molecule has 0 saturated heterocycles. The van der Waals surface area contributed by atoms with Crippen molar-refractivity contribution < 1.29 is 0 Å². The molecule has 0 aliphatic rings. The lowest BCUT2D eigenvalue weighted by Gasteiger charge is -2.03. The van der Waals surface area contributed by atoms with Crippen LogP contribution < -0.4 is 0 Å². The molecule has 1 heterocycles. The van der Waals surface area contributed by atoms with Crippen LogP contribution in [0.5, 0.6) is 0 Å². The molecule has 0 aliphatic heterocycles. The van der Waals surface area contributed by atoms with Gasteiger partial charge in [-0.3, -0.25) is 4.98 Å². The summed E-state index contributed by atoms with van der Waals surface area (Å²) in [6.45, 7) is 11.7. The Morgan fingerprint density at radius 1 is 1.50 bits per heavy atom. The van der Waals surface area contributed by atoms with Gasteiger partial charge in [0.05, 0.1) is 0 Å². The average molecular weight is 189 g/mol. The highest BCUT2D eigenvalue weighted by Crippen LogP contribution is 2.15. The van der Waals surface area contributed by atoms with Crippen molar-refractivity contribution in [1.29, 1.82) is 0 Å². The summed E-state index contributed by atoms with van der Waals surface area (Å²) < 4.78 is 0. The van der Waals surface area contributed by atoms with E-state index >= 15 is 0 Å². The molecule has 76 valence electrons. The topological polar surface area (TPSA) is 12.9 Å². The van der Waals surface area contributed by atoms with Gasteiger partial charge in [-0.15, -0.1) is 5.73 Å². The van der Waals surface area contributed by atoms with E-state index in [1.165, 1.54) is 0 Å². The average Bonchev–Trinajstić information content (AvgIpc) is 2.30. The van der Waals surface area contributed by atoms with Gasteiger partial charge in [-0.1, -0.05) is 33.4 Å². The van der Waals surface area contributed by atoms with Crippen LogP contribution in [-0.4, -0.2) is 4.98 Å². The first-order valence-corrected chi connectivity index (χ1v) is 5.10. The van der Waals surface area contributed by atoms with Crippen molar-refractivity contribution in [2.24, 2.45) is 0 Å². The van der Waals surface area contributed by atoms with Crippen molar-refractivity contribution in [3.63, 3.8) is 0 Å². The van der Waals surface area contributed by atoms with Gasteiger partial charge in [-0.05, 0) is 25.0 Å². The third-order valence-corrected chi connectivity index (χ3v) is 1.89. The third kappa shape index (κ3) is 3.20. The van der Waals surface area contributed by atoms with Crippen LogP contribution in [0, 0.1) is 0 Å². The molecule has 0 radical (unpaired) electrons. The second-order valence-electron chi connectivity index (χ2n) is 2.65. The molecule has 1 aromatic rings. The molecule has 0 bridgehead atoms. The molecule has 14 heavy (non-hydrogen) atoms. The van der Waals surface area contributed by atoms with Gasteiger partial charge >= 0.3 is 0 Å². The maximum atomic E-state index is 4.28. The lowest BCUT2D eigenvalue weighted by atomic mass is 10.1. The van der Waals surface area contributed by atoms with Crippen molar-refractivity contribution in [2.45, 2.75) is 34.1 Å². The quantitative estimate of drug-likeness (QED) is 0.644. The number of hydrogen-bond acceptors (Lipinski definition) is 1. The van der Waals surface area contributed by atoms with Gasteiger partial charge in [0.25, 0.3) is 0 Å². The first-order chi connectivity index (χ1) is 6.79. The highest BCUT2D eigenvalue weighted by Gasteiger charge is 2.00. The van der Waals surface area contributed by atoms with E-state index in [1.54, 1.807) is 0 Å². The molecule has 1 aromatic heterocycles. The Balaban J connectivity index is 0.000000791. The molecule has 0 N–H and O–H groups in total. The van der Waals surface area contributed by atoms with Crippen LogP contribution >= 0.6 is 0 Å². The standard InChI is InChI=1S/C11H13N.C2H6/c1-4-9(3)10-7-6-8-12-11(10)5-2;1-2/h6-8H,1,5H2,2-3H3;1-2H3. The fraction of sp³-hybridized carbons (Fsp3) is 0.385. The summed E-state index contributed by atoms with van der Waals surface area (Å²) in [5, 5.41) is 0. The number of allylic oxidation sites excluding steroid dienone is 1. The summed E-state index contributed by atoms with van der Waals surface area (Å²) in [4.78, 5) is 4.28. The van der Waals surface area contributed by atoms with Crippen molar-refractivity contribution >= 4 is 5.57 Å². The Labute approximate surface area is 87.2 Å². The number of rotatable bonds is 2. The second-order valence-corrected chi connectivity index (χ2v) is 2.65. The summed E-state index contributed by atoms with van der Waals surface area (Å²) >= 11 is 0. The Morgan fingerprint density at radius 3 is 2.64 bits per heavy atom. The van der Waals surface area contributed by atoms with Crippen LogP contribution in [0.4, 0.5) is 0 Å². The minimum Gasteiger partial charge on any atom is -0.261 e. The molecule has 1 nitrogen and oxygen atoms in total. The van der Waals surface area contributed by atoms with E-state index in [4.69, 9.17) is 0 Å². The van der Waals surface area contributed by atoms with Crippen LogP contribution in [0.3, 0.4) is 0 Å². The van der Waals surface area contributed by atoms with Gasteiger partial charge in [0, 0.05) is 17.5 Å². The Bertz CT molecular complexity index is 320.